The SMILES string of the molecule is Cc1cn2cc(-c3ccc(S(=N)(=O)C4CCC(Nc5ccc(S(F)(F)(F)(F)F)cc5)CC4)cc3)ncc2n1. The van der Waals surface area contributed by atoms with Gasteiger partial charge in [0.25, 0.3) is 0 Å². The molecule has 2 aromatic carbocycles. The third-order valence-corrected chi connectivity index (χ3v) is 10.3. The summed E-state index contributed by atoms with van der Waals surface area (Å²) in [5.41, 5.74) is 3.46. The summed E-state index contributed by atoms with van der Waals surface area (Å²) >= 11 is 0. The maximum atomic E-state index is 13.5. The maximum absolute atomic E-state index is 13.5. The van der Waals surface area contributed by atoms with Crippen LogP contribution in [0.4, 0.5) is 25.1 Å². The van der Waals surface area contributed by atoms with Gasteiger partial charge in [0.15, 0.2) is 5.65 Å². The molecule has 5 rings (SSSR count). The topological polar surface area (TPSA) is 83.1 Å². The molecule has 0 saturated heterocycles. The Kier molecular flexibility index (Phi) is 5.84. The number of aromatic nitrogens is 3. The summed E-state index contributed by atoms with van der Waals surface area (Å²) in [6, 6.07) is 9.63. The minimum Gasteiger partial charge on any atom is -0.382 e. The number of nitrogens with one attached hydrogen (secondary N) is 2. The van der Waals surface area contributed by atoms with Crippen LogP contribution in [0.5, 0.6) is 0 Å². The molecule has 1 atom stereocenters. The van der Waals surface area contributed by atoms with E-state index < -0.39 is 24.8 Å². The van der Waals surface area contributed by atoms with E-state index in [0.717, 1.165) is 34.7 Å². The highest BCUT2D eigenvalue weighted by molar-refractivity contribution is 8.45. The highest BCUT2D eigenvalue weighted by atomic mass is 32.5. The maximum Gasteiger partial charge on any atom is 0.310 e. The zero-order valence-electron chi connectivity index (χ0n) is 20.3. The lowest BCUT2D eigenvalue weighted by atomic mass is 9.95. The van der Waals surface area contributed by atoms with E-state index in [1.54, 1.807) is 30.5 Å². The van der Waals surface area contributed by atoms with Crippen molar-refractivity contribution < 1.29 is 23.6 Å². The van der Waals surface area contributed by atoms with E-state index in [2.05, 4.69) is 15.3 Å². The number of anilines is 1. The van der Waals surface area contributed by atoms with Crippen molar-refractivity contribution in [3.8, 4) is 11.3 Å². The smallest absolute Gasteiger partial charge is 0.310 e. The molecule has 4 aromatic rings. The average molecular weight is 572 g/mol. The lowest BCUT2D eigenvalue weighted by molar-refractivity contribution is 0.364. The van der Waals surface area contributed by atoms with Gasteiger partial charge in [0, 0.05) is 39.8 Å². The summed E-state index contributed by atoms with van der Waals surface area (Å²) in [5.74, 6) is 0. The Bertz CT molecular complexity index is 1600. The van der Waals surface area contributed by atoms with Crippen LogP contribution in [0, 0.1) is 11.7 Å². The zero-order chi connectivity index (χ0) is 27.4. The molecular formula is C25H26F5N5OS2. The van der Waals surface area contributed by atoms with Crippen molar-refractivity contribution in [2.45, 2.75) is 53.7 Å². The molecule has 1 saturated carbocycles. The van der Waals surface area contributed by atoms with Crippen molar-refractivity contribution in [3.05, 3.63) is 72.8 Å². The normalized spacial score (nSPS) is 21.8. The van der Waals surface area contributed by atoms with Crippen LogP contribution >= 0.6 is 10.2 Å². The monoisotopic (exact) mass is 571 g/mol. The number of halogens is 5. The lowest BCUT2D eigenvalue weighted by Crippen LogP contribution is -2.32. The van der Waals surface area contributed by atoms with Gasteiger partial charge in [-0.15, -0.1) is 0 Å². The standard InChI is InChI=1S/C25H26F5N5OS2/c1-17-15-35-16-24(32-14-25(35)33-17)18-2-8-21(9-3-18)37(31,36)22-10-4-19(5-11-22)34-20-6-12-23(13-7-20)38(26,27,28,29)30/h2-3,6-9,12-16,19,22,31,34H,4-5,10-11H2,1H3. The van der Waals surface area contributed by atoms with Gasteiger partial charge in [-0.3, -0.25) is 4.98 Å². The molecule has 0 amide bonds. The van der Waals surface area contributed by atoms with Crippen molar-refractivity contribution >= 4 is 31.3 Å². The molecule has 1 unspecified atom stereocenters. The first-order valence-corrected chi connectivity index (χ1v) is 15.5. The Morgan fingerprint density at radius 3 is 2.18 bits per heavy atom. The molecule has 1 aliphatic carbocycles. The van der Waals surface area contributed by atoms with E-state index in [0.29, 0.717) is 48.4 Å². The van der Waals surface area contributed by atoms with Crippen molar-refractivity contribution in [1.29, 1.82) is 4.78 Å². The fourth-order valence-corrected chi connectivity index (χ4v) is 7.29. The fraction of sp³-hybridized carbons (Fsp3) is 0.280. The van der Waals surface area contributed by atoms with Crippen LogP contribution < -0.4 is 5.32 Å². The molecule has 0 bridgehead atoms. The van der Waals surface area contributed by atoms with Gasteiger partial charge in [-0.25, -0.2) is 14.0 Å². The van der Waals surface area contributed by atoms with Crippen molar-refractivity contribution in [2.75, 3.05) is 5.32 Å². The van der Waals surface area contributed by atoms with Crippen LogP contribution in [0.1, 0.15) is 31.4 Å². The molecule has 2 N–H and O–H groups in total. The third-order valence-electron chi connectivity index (χ3n) is 6.78. The Labute approximate surface area is 217 Å². The number of aryl methyl sites for hydroxylation is 1. The summed E-state index contributed by atoms with van der Waals surface area (Å²) in [6.45, 7) is 1.90. The predicted octanol–water partition coefficient (Wildman–Crippen LogP) is 8.19. The molecule has 204 valence electrons. The third kappa shape index (κ3) is 5.48. The van der Waals surface area contributed by atoms with E-state index in [1.807, 2.05) is 23.7 Å². The summed E-state index contributed by atoms with van der Waals surface area (Å²) in [7, 11) is -12.8. The highest BCUT2D eigenvalue weighted by Gasteiger charge is 2.65. The molecule has 2 heterocycles. The summed E-state index contributed by atoms with van der Waals surface area (Å²) in [4.78, 5) is 7.31. The largest absolute Gasteiger partial charge is 0.382 e. The van der Waals surface area contributed by atoms with Crippen LogP contribution in [0.15, 0.2) is 76.9 Å². The first kappa shape index (κ1) is 26.4. The molecule has 0 spiro atoms. The second kappa shape index (κ2) is 8.40. The number of imidazole rings is 1. The van der Waals surface area contributed by atoms with E-state index in [9.17, 15) is 23.6 Å². The second-order valence-corrected chi connectivity index (χ2v) is 14.4. The molecular weight excluding hydrogens is 545 g/mol. The number of benzene rings is 2. The molecule has 0 radical (unpaired) electrons. The number of fused-ring (bicyclic) bond motifs is 1. The van der Waals surface area contributed by atoms with Crippen LogP contribution in [0.2, 0.25) is 0 Å². The molecule has 6 nitrogen and oxygen atoms in total. The first-order chi connectivity index (χ1) is 17.6. The van der Waals surface area contributed by atoms with Gasteiger partial charge in [-0.1, -0.05) is 31.6 Å². The van der Waals surface area contributed by atoms with Crippen LogP contribution in [-0.2, 0) is 9.73 Å². The van der Waals surface area contributed by atoms with Gasteiger partial charge in [0.05, 0.1) is 27.3 Å². The highest BCUT2D eigenvalue weighted by Crippen LogP contribution is 3.02. The molecule has 2 aromatic heterocycles. The molecule has 1 aliphatic rings. The van der Waals surface area contributed by atoms with Crippen LogP contribution in [0.25, 0.3) is 16.9 Å². The van der Waals surface area contributed by atoms with E-state index in [4.69, 9.17) is 4.78 Å². The molecule has 38 heavy (non-hydrogen) atoms. The van der Waals surface area contributed by atoms with E-state index in [-0.39, 0.29) is 11.3 Å². The lowest BCUT2D eigenvalue weighted by Gasteiger charge is -2.40. The quantitative estimate of drug-likeness (QED) is 0.229. The minimum atomic E-state index is -9.70. The average Bonchev–Trinajstić information content (AvgIpc) is 3.22. The van der Waals surface area contributed by atoms with Gasteiger partial charge < -0.3 is 9.72 Å². The zero-order valence-corrected chi connectivity index (χ0v) is 21.9. The van der Waals surface area contributed by atoms with Crippen molar-refractivity contribution in [3.63, 3.8) is 0 Å². The van der Waals surface area contributed by atoms with Crippen molar-refractivity contribution in [1.82, 2.24) is 14.4 Å². The first-order valence-electron chi connectivity index (χ1n) is 11.9. The Hall–Kier alpha value is -3.19. The van der Waals surface area contributed by atoms with Gasteiger partial charge in [-0.05, 0) is 69.0 Å². The Morgan fingerprint density at radius 1 is 0.947 bits per heavy atom. The fourth-order valence-electron chi connectivity index (χ4n) is 4.78. The van der Waals surface area contributed by atoms with E-state index in [1.165, 1.54) is 0 Å². The molecule has 13 heteroatoms. The summed E-state index contributed by atoms with van der Waals surface area (Å²) < 4.78 is 88.6. The molecule has 1 fully saturated rings. The number of hydrogen-bond acceptors (Lipinski definition) is 5. The summed E-state index contributed by atoms with van der Waals surface area (Å²) in [5, 5.41) is 2.70. The van der Waals surface area contributed by atoms with Gasteiger partial charge in [0.2, 0.25) is 0 Å². The minimum absolute atomic E-state index is 0.123. The van der Waals surface area contributed by atoms with Gasteiger partial charge in [0.1, 0.15) is 4.90 Å². The van der Waals surface area contributed by atoms with Crippen LogP contribution in [0.3, 0.4) is 0 Å². The number of hydrogen-bond donors (Lipinski definition) is 2. The van der Waals surface area contributed by atoms with E-state index >= 15 is 0 Å². The Morgan fingerprint density at radius 2 is 1.58 bits per heavy atom. The van der Waals surface area contributed by atoms with Gasteiger partial charge in [-0.2, -0.15) is 0 Å². The van der Waals surface area contributed by atoms with Gasteiger partial charge >= 0.3 is 10.2 Å². The predicted molar refractivity (Wildman–Crippen MR) is 140 cm³/mol. The molecule has 0 aliphatic heterocycles. The number of rotatable bonds is 6. The Balaban J connectivity index is 1.22. The second-order valence-electron chi connectivity index (χ2n) is 9.66. The number of nitrogens with zero attached hydrogens (tertiary/aromatic N) is 3. The van der Waals surface area contributed by atoms with Crippen molar-refractivity contribution in [2.24, 2.45) is 0 Å². The van der Waals surface area contributed by atoms with Crippen LogP contribution in [-0.4, -0.2) is 29.9 Å². The summed E-state index contributed by atoms with van der Waals surface area (Å²) in [6.07, 6.45) is 7.52.